The molecule has 0 unspecified atom stereocenters. The largest absolute Gasteiger partial charge is 0.381 e. The van der Waals surface area contributed by atoms with Crippen molar-refractivity contribution in [2.45, 2.75) is 91.1 Å². The van der Waals surface area contributed by atoms with E-state index in [0.717, 1.165) is 25.7 Å². The first kappa shape index (κ1) is 23.8. The SMILES string of the molecule is CO[C@@H]1C[C@@H](C(C)(C)C)O[C@@H](c2onc(C(=O)Nc3c(C)n(C)n(C4CCC4)c3=O)c2C)C1. The maximum atomic E-state index is 13.1. The van der Waals surface area contributed by atoms with Gasteiger partial charge in [0.25, 0.3) is 11.5 Å². The molecule has 33 heavy (non-hydrogen) atoms. The number of hydrogen-bond acceptors (Lipinski definition) is 6. The average Bonchev–Trinajstić information content (AvgIpc) is 3.20. The smallest absolute Gasteiger partial charge is 0.291 e. The third-order valence-electron chi connectivity index (χ3n) is 7.30. The first-order valence-electron chi connectivity index (χ1n) is 11.8. The van der Waals surface area contributed by atoms with Crippen molar-refractivity contribution in [2.24, 2.45) is 12.5 Å². The van der Waals surface area contributed by atoms with Gasteiger partial charge in [0.15, 0.2) is 11.5 Å². The summed E-state index contributed by atoms with van der Waals surface area (Å²) in [6.07, 6.45) is 4.18. The Balaban J connectivity index is 1.57. The molecular formula is C24H36N4O5. The van der Waals surface area contributed by atoms with Gasteiger partial charge >= 0.3 is 0 Å². The topological polar surface area (TPSA) is 101 Å². The van der Waals surface area contributed by atoms with Crippen molar-refractivity contribution in [3.8, 4) is 0 Å². The van der Waals surface area contributed by atoms with E-state index >= 15 is 0 Å². The van der Waals surface area contributed by atoms with Crippen LogP contribution >= 0.6 is 0 Å². The summed E-state index contributed by atoms with van der Waals surface area (Å²) in [4.78, 5) is 26.1. The van der Waals surface area contributed by atoms with E-state index in [4.69, 9.17) is 14.0 Å². The molecule has 4 rings (SSSR count). The van der Waals surface area contributed by atoms with Crippen LogP contribution in [0.5, 0.6) is 0 Å². The van der Waals surface area contributed by atoms with Crippen LogP contribution in [0.1, 0.15) is 92.5 Å². The van der Waals surface area contributed by atoms with Crippen molar-refractivity contribution in [1.29, 1.82) is 0 Å². The molecule has 3 atom stereocenters. The molecule has 2 aliphatic rings. The number of aromatic nitrogens is 3. The number of nitrogens with one attached hydrogen (secondary N) is 1. The van der Waals surface area contributed by atoms with Crippen LogP contribution in [0.15, 0.2) is 9.32 Å². The number of methoxy groups -OCH3 is 1. The molecule has 2 aromatic heterocycles. The van der Waals surface area contributed by atoms with E-state index in [1.807, 2.05) is 18.7 Å². The fraction of sp³-hybridized carbons (Fsp3) is 0.708. The second kappa shape index (κ2) is 8.76. The quantitative estimate of drug-likeness (QED) is 0.722. The zero-order valence-corrected chi connectivity index (χ0v) is 20.7. The normalized spacial score (nSPS) is 24.0. The third kappa shape index (κ3) is 4.28. The van der Waals surface area contributed by atoms with Gasteiger partial charge in [-0.15, -0.1) is 0 Å². The van der Waals surface area contributed by atoms with Crippen LogP contribution in [0.2, 0.25) is 0 Å². The lowest BCUT2D eigenvalue weighted by Crippen LogP contribution is -2.40. The number of amides is 1. The highest BCUT2D eigenvalue weighted by Crippen LogP contribution is 2.40. The van der Waals surface area contributed by atoms with Gasteiger partial charge in [-0.3, -0.25) is 14.3 Å². The van der Waals surface area contributed by atoms with Gasteiger partial charge in [-0.25, -0.2) is 4.68 Å². The van der Waals surface area contributed by atoms with Gasteiger partial charge in [0.05, 0.1) is 23.9 Å². The van der Waals surface area contributed by atoms with E-state index in [-0.39, 0.29) is 41.0 Å². The molecule has 0 bridgehead atoms. The molecular weight excluding hydrogens is 424 g/mol. The molecule has 9 heteroatoms. The lowest BCUT2D eigenvalue weighted by Gasteiger charge is -2.40. The summed E-state index contributed by atoms with van der Waals surface area (Å²) in [6, 6.07) is 0.195. The van der Waals surface area contributed by atoms with Crippen molar-refractivity contribution in [3.63, 3.8) is 0 Å². The van der Waals surface area contributed by atoms with Crippen LogP contribution in [-0.4, -0.2) is 39.7 Å². The van der Waals surface area contributed by atoms with Crippen LogP contribution in [0.4, 0.5) is 5.69 Å². The molecule has 9 nitrogen and oxygen atoms in total. The number of nitrogens with zero attached hydrogens (tertiary/aromatic N) is 3. The van der Waals surface area contributed by atoms with Gasteiger partial charge in [-0.2, -0.15) is 0 Å². The first-order valence-corrected chi connectivity index (χ1v) is 11.8. The number of hydrogen-bond donors (Lipinski definition) is 1. The number of rotatable bonds is 5. The Labute approximate surface area is 194 Å². The molecule has 3 heterocycles. The van der Waals surface area contributed by atoms with E-state index in [9.17, 15) is 9.59 Å². The summed E-state index contributed by atoms with van der Waals surface area (Å²) in [5.74, 6) is 0.0772. The standard InChI is InChI=1S/C24H36N4O5/c1-13-19(22(29)25-20-14(2)27(6)28(23(20)30)15-9-8-10-15)26-33-21(13)17-11-16(31-7)12-18(32-17)24(3,4)5/h15-18H,8-12H2,1-7H3,(H,25,29)/t16-,17+,18-/m0/s1. The fourth-order valence-corrected chi connectivity index (χ4v) is 4.75. The van der Waals surface area contributed by atoms with E-state index < -0.39 is 5.91 Å². The van der Waals surface area contributed by atoms with Crippen molar-refractivity contribution in [2.75, 3.05) is 12.4 Å². The van der Waals surface area contributed by atoms with Gasteiger partial charge in [-0.1, -0.05) is 25.9 Å². The van der Waals surface area contributed by atoms with E-state index in [1.54, 1.807) is 18.7 Å². The first-order chi connectivity index (χ1) is 15.5. The van der Waals surface area contributed by atoms with Gasteiger partial charge in [0, 0.05) is 32.6 Å². The molecule has 1 saturated heterocycles. The summed E-state index contributed by atoms with van der Waals surface area (Å²) in [5, 5.41) is 6.84. The zero-order chi connectivity index (χ0) is 24.1. The molecule has 2 aromatic rings. The molecule has 1 saturated carbocycles. The summed E-state index contributed by atoms with van der Waals surface area (Å²) < 4.78 is 21.2. The van der Waals surface area contributed by atoms with Crippen molar-refractivity contribution in [1.82, 2.24) is 14.5 Å². The lowest BCUT2D eigenvalue weighted by molar-refractivity contribution is -0.150. The average molecular weight is 461 g/mol. The Morgan fingerprint density at radius 2 is 1.91 bits per heavy atom. The van der Waals surface area contributed by atoms with Gasteiger partial charge in [0.1, 0.15) is 11.8 Å². The Morgan fingerprint density at radius 1 is 1.21 bits per heavy atom. The second-order valence-electron chi connectivity index (χ2n) is 10.5. The van der Waals surface area contributed by atoms with Crippen LogP contribution in [0.3, 0.4) is 0 Å². The highest BCUT2D eigenvalue weighted by atomic mass is 16.5. The molecule has 1 N–H and O–H groups in total. The molecule has 182 valence electrons. The van der Waals surface area contributed by atoms with Crippen LogP contribution in [-0.2, 0) is 16.5 Å². The maximum Gasteiger partial charge on any atom is 0.291 e. The minimum atomic E-state index is -0.458. The zero-order valence-electron chi connectivity index (χ0n) is 20.7. The van der Waals surface area contributed by atoms with E-state index in [1.165, 1.54) is 0 Å². The summed E-state index contributed by atoms with van der Waals surface area (Å²) in [6.45, 7) is 10.0. The van der Waals surface area contributed by atoms with Gasteiger partial charge in [-0.05, 0) is 38.5 Å². The van der Waals surface area contributed by atoms with Gasteiger partial charge < -0.3 is 19.3 Å². The summed E-state index contributed by atoms with van der Waals surface area (Å²) in [5.41, 5.74) is 1.55. The Hall–Kier alpha value is -2.39. The third-order valence-corrected chi connectivity index (χ3v) is 7.30. The minimum absolute atomic E-state index is 0.0140. The second-order valence-corrected chi connectivity index (χ2v) is 10.5. The molecule has 0 aromatic carbocycles. The molecule has 1 aliphatic heterocycles. The highest BCUT2D eigenvalue weighted by Gasteiger charge is 2.39. The minimum Gasteiger partial charge on any atom is -0.381 e. The van der Waals surface area contributed by atoms with Crippen molar-refractivity contribution >= 4 is 11.6 Å². The molecule has 2 fully saturated rings. The van der Waals surface area contributed by atoms with Crippen LogP contribution in [0.25, 0.3) is 0 Å². The maximum absolute atomic E-state index is 13.1. The van der Waals surface area contributed by atoms with Crippen molar-refractivity contribution < 1.29 is 18.8 Å². The molecule has 1 amide bonds. The number of carbonyl (C=O) groups excluding carboxylic acids is 1. The summed E-state index contributed by atoms with van der Waals surface area (Å²) >= 11 is 0. The molecule has 1 aliphatic carbocycles. The Kier molecular flexibility index (Phi) is 6.30. The number of ether oxygens (including phenoxy) is 2. The monoisotopic (exact) mass is 460 g/mol. The predicted octanol–water partition coefficient (Wildman–Crippen LogP) is 4.05. The van der Waals surface area contributed by atoms with E-state index in [0.29, 0.717) is 29.1 Å². The molecule has 0 spiro atoms. The highest BCUT2D eigenvalue weighted by molar-refractivity contribution is 6.04. The molecule has 0 radical (unpaired) electrons. The van der Waals surface area contributed by atoms with Crippen LogP contribution in [0, 0.1) is 19.3 Å². The van der Waals surface area contributed by atoms with Crippen LogP contribution < -0.4 is 10.9 Å². The van der Waals surface area contributed by atoms with Gasteiger partial charge in [0.2, 0.25) is 0 Å². The number of carbonyl (C=O) groups is 1. The number of anilines is 1. The lowest BCUT2D eigenvalue weighted by atomic mass is 9.82. The fourth-order valence-electron chi connectivity index (χ4n) is 4.75. The predicted molar refractivity (Wildman–Crippen MR) is 124 cm³/mol. The Bertz CT molecular complexity index is 1090. The summed E-state index contributed by atoms with van der Waals surface area (Å²) in [7, 11) is 3.56. The van der Waals surface area contributed by atoms with E-state index in [2.05, 4.69) is 31.2 Å². The van der Waals surface area contributed by atoms with Crippen molar-refractivity contribution in [3.05, 3.63) is 33.1 Å². The Morgan fingerprint density at radius 3 is 2.48 bits per heavy atom.